The van der Waals surface area contributed by atoms with Gasteiger partial charge in [0.2, 0.25) is 29.9 Å². The van der Waals surface area contributed by atoms with Gasteiger partial charge in [0.15, 0.2) is 0 Å². The van der Waals surface area contributed by atoms with Gasteiger partial charge >= 0.3 is 5.97 Å². The number of amides is 4. The first-order chi connectivity index (χ1) is 18.4. The van der Waals surface area contributed by atoms with Crippen LogP contribution in [-0.4, -0.2) is 87.8 Å². The van der Waals surface area contributed by atoms with Crippen LogP contribution in [0.3, 0.4) is 0 Å². The molecule has 39 heavy (non-hydrogen) atoms. The molecule has 13 heteroatoms. The van der Waals surface area contributed by atoms with Gasteiger partial charge in [-0.3, -0.25) is 19.2 Å². The molecule has 0 bridgehead atoms. The van der Waals surface area contributed by atoms with Crippen molar-refractivity contribution in [2.24, 2.45) is 5.73 Å². The third-order valence-corrected chi connectivity index (χ3v) is 5.84. The van der Waals surface area contributed by atoms with Gasteiger partial charge in [-0.25, -0.2) is 4.79 Å². The first-order valence-electron chi connectivity index (χ1n) is 12.0. The summed E-state index contributed by atoms with van der Waals surface area (Å²) in [6.45, 7) is 0.892. The monoisotopic (exact) mass is 543 g/mol. The zero-order valence-electron chi connectivity index (χ0n) is 21.5. The minimum Gasteiger partial charge on any atom is -0.508 e. The van der Waals surface area contributed by atoms with E-state index in [1.807, 2.05) is 5.32 Å². The minimum atomic E-state index is -2.16. The summed E-state index contributed by atoms with van der Waals surface area (Å²) in [7, 11) is 1.31. The van der Waals surface area contributed by atoms with Crippen LogP contribution in [0, 0.1) is 0 Å². The SMILES string of the molecule is C[C@@H](NC(=O)[C@@H](N)Cc1ccc(O)cc1)C(=O)NCC(=O)N(C)[C@@H](Cc1ccccc1)C(=O)N[C@H](O)C(=O)O. The van der Waals surface area contributed by atoms with E-state index < -0.39 is 60.5 Å². The third kappa shape index (κ3) is 9.72. The number of phenols is 1. The van der Waals surface area contributed by atoms with Crippen LogP contribution in [0.1, 0.15) is 18.1 Å². The molecule has 0 spiro atoms. The number of likely N-dealkylation sites (N-methyl/N-ethyl adjacent to an activating group) is 1. The van der Waals surface area contributed by atoms with E-state index >= 15 is 0 Å². The van der Waals surface area contributed by atoms with Crippen molar-refractivity contribution in [2.75, 3.05) is 13.6 Å². The Morgan fingerprint density at radius 1 is 0.872 bits per heavy atom. The summed E-state index contributed by atoms with van der Waals surface area (Å²) in [6, 6.07) is 11.6. The molecule has 2 rings (SSSR count). The van der Waals surface area contributed by atoms with Gasteiger partial charge < -0.3 is 41.9 Å². The van der Waals surface area contributed by atoms with E-state index in [0.29, 0.717) is 11.1 Å². The van der Waals surface area contributed by atoms with Crippen LogP contribution in [0.15, 0.2) is 54.6 Å². The van der Waals surface area contributed by atoms with E-state index in [9.17, 15) is 34.2 Å². The molecule has 4 atom stereocenters. The van der Waals surface area contributed by atoms with Gasteiger partial charge in [0.25, 0.3) is 0 Å². The van der Waals surface area contributed by atoms with E-state index in [1.54, 1.807) is 42.5 Å². The Balaban J connectivity index is 1.95. The smallest absolute Gasteiger partial charge is 0.353 e. The number of carboxylic acid groups (broad SMARTS) is 1. The second-order valence-corrected chi connectivity index (χ2v) is 8.88. The lowest BCUT2D eigenvalue weighted by molar-refractivity contribution is -0.152. The average Bonchev–Trinajstić information content (AvgIpc) is 2.91. The van der Waals surface area contributed by atoms with Gasteiger partial charge in [0.1, 0.15) is 17.8 Å². The van der Waals surface area contributed by atoms with Gasteiger partial charge in [0.05, 0.1) is 12.6 Å². The standard InChI is InChI=1S/C26H33N5O8/c1-15(29-23(35)19(27)12-17-8-10-18(32)11-9-17)22(34)28-14-21(33)31(2)20(13-16-6-4-3-5-7-16)24(36)30-25(37)26(38)39/h3-11,15,19-20,25,32,37H,12-14,27H2,1-2H3,(H,28,34)(H,29,35)(H,30,36)(H,38,39)/t15-,19+,20+,25-/m1/s1. The van der Waals surface area contributed by atoms with E-state index in [-0.39, 0.29) is 18.6 Å². The Kier molecular flexibility index (Phi) is 11.4. The number of carboxylic acids is 1. The number of rotatable bonds is 13. The van der Waals surface area contributed by atoms with Crippen molar-refractivity contribution in [2.45, 2.75) is 44.1 Å². The van der Waals surface area contributed by atoms with Gasteiger partial charge in [-0.1, -0.05) is 42.5 Å². The van der Waals surface area contributed by atoms with Crippen molar-refractivity contribution in [1.29, 1.82) is 0 Å². The molecule has 0 saturated carbocycles. The van der Waals surface area contributed by atoms with Crippen molar-refractivity contribution in [1.82, 2.24) is 20.9 Å². The lowest BCUT2D eigenvalue weighted by Crippen LogP contribution is -2.55. The number of hydrogen-bond acceptors (Lipinski definition) is 8. The predicted octanol–water partition coefficient (Wildman–Crippen LogP) is -1.53. The van der Waals surface area contributed by atoms with Gasteiger partial charge in [-0.15, -0.1) is 0 Å². The second kappa shape index (κ2) is 14.4. The van der Waals surface area contributed by atoms with Crippen molar-refractivity contribution in [3.05, 3.63) is 65.7 Å². The van der Waals surface area contributed by atoms with Gasteiger partial charge in [-0.2, -0.15) is 0 Å². The number of carbonyl (C=O) groups is 5. The fourth-order valence-corrected chi connectivity index (χ4v) is 3.51. The molecule has 0 heterocycles. The molecule has 2 aromatic carbocycles. The Labute approximate surface area is 225 Å². The van der Waals surface area contributed by atoms with E-state index in [1.165, 1.54) is 26.1 Å². The average molecular weight is 544 g/mol. The molecule has 0 aliphatic carbocycles. The summed E-state index contributed by atoms with van der Waals surface area (Å²) in [6.07, 6.45) is -1.98. The van der Waals surface area contributed by atoms with Gasteiger partial charge in [0, 0.05) is 13.5 Å². The van der Waals surface area contributed by atoms with Crippen molar-refractivity contribution >= 4 is 29.6 Å². The first kappa shape index (κ1) is 30.7. The van der Waals surface area contributed by atoms with Gasteiger partial charge in [-0.05, 0) is 36.6 Å². The molecule has 0 aromatic heterocycles. The molecule has 0 radical (unpaired) electrons. The highest BCUT2D eigenvalue weighted by atomic mass is 16.4. The summed E-state index contributed by atoms with van der Waals surface area (Å²) >= 11 is 0. The van der Waals surface area contributed by atoms with Crippen LogP contribution in [0.25, 0.3) is 0 Å². The lowest BCUT2D eigenvalue weighted by atomic mass is 10.0. The topological polar surface area (TPSA) is 211 Å². The molecule has 2 aromatic rings. The Morgan fingerprint density at radius 3 is 2.05 bits per heavy atom. The van der Waals surface area contributed by atoms with Crippen LogP contribution < -0.4 is 21.7 Å². The summed E-state index contributed by atoms with van der Waals surface area (Å²) in [5, 5.41) is 34.6. The number of aliphatic hydroxyl groups is 1. The summed E-state index contributed by atoms with van der Waals surface area (Å²) in [5.74, 6) is -4.43. The van der Waals surface area contributed by atoms with Crippen LogP contribution >= 0.6 is 0 Å². The van der Waals surface area contributed by atoms with Crippen LogP contribution in [0.2, 0.25) is 0 Å². The maximum Gasteiger partial charge on any atom is 0.353 e. The highest BCUT2D eigenvalue weighted by molar-refractivity contribution is 5.93. The zero-order chi connectivity index (χ0) is 29.1. The van der Waals surface area contributed by atoms with E-state index in [4.69, 9.17) is 10.8 Å². The summed E-state index contributed by atoms with van der Waals surface area (Å²) < 4.78 is 0. The molecule has 0 fully saturated rings. The lowest BCUT2D eigenvalue weighted by Gasteiger charge is -2.28. The number of benzene rings is 2. The number of aliphatic hydroxyl groups excluding tert-OH is 1. The van der Waals surface area contributed by atoms with Crippen molar-refractivity contribution in [3.8, 4) is 5.75 Å². The normalized spacial score (nSPS) is 13.7. The van der Waals surface area contributed by atoms with Crippen LogP contribution in [0.4, 0.5) is 0 Å². The molecule has 0 aliphatic rings. The third-order valence-electron chi connectivity index (χ3n) is 5.84. The Morgan fingerprint density at radius 2 is 1.46 bits per heavy atom. The molecule has 13 nitrogen and oxygen atoms in total. The highest BCUT2D eigenvalue weighted by Crippen LogP contribution is 2.11. The molecular formula is C26H33N5O8. The molecule has 0 aliphatic heterocycles. The predicted molar refractivity (Wildman–Crippen MR) is 139 cm³/mol. The number of hydrogen-bond donors (Lipinski definition) is 7. The number of phenolic OH excluding ortho intramolecular Hbond substituents is 1. The maximum absolute atomic E-state index is 12.8. The quantitative estimate of drug-likeness (QED) is 0.146. The number of aliphatic carboxylic acids is 1. The Hall–Kier alpha value is -4.49. The van der Waals surface area contributed by atoms with E-state index in [0.717, 1.165) is 4.90 Å². The number of nitrogens with one attached hydrogen (secondary N) is 3. The number of carbonyl (C=O) groups excluding carboxylic acids is 4. The van der Waals surface area contributed by atoms with Crippen LogP contribution in [-0.2, 0) is 36.8 Å². The minimum absolute atomic E-state index is 0.0145. The number of nitrogens with zero attached hydrogens (tertiary/aromatic N) is 1. The fraction of sp³-hybridized carbons (Fsp3) is 0.346. The largest absolute Gasteiger partial charge is 0.508 e. The van der Waals surface area contributed by atoms with Crippen molar-refractivity contribution < 1.29 is 39.3 Å². The summed E-state index contributed by atoms with van der Waals surface area (Å²) in [4.78, 5) is 62.4. The van der Waals surface area contributed by atoms with E-state index in [2.05, 4.69) is 10.6 Å². The molecule has 0 unspecified atom stereocenters. The number of aromatic hydroxyl groups is 1. The summed E-state index contributed by atoms with van der Waals surface area (Å²) in [5.41, 5.74) is 7.30. The number of nitrogens with two attached hydrogens (primary N) is 1. The first-order valence-corrected chi connectivity index (χ1v) is 12.0. The van der Waals surface area contributed by atoms with Crippen molar-refractivity contribution in [3.63, 3.8) is 0 Å². The molecular weight excluding hydrogens is 510 g/mol. The molecule has 0 saturated heterocycles. The molecule has 210 valence electrons. The molecule has 4 amide bonds. The zero-order valence-corrected chi connectivity index (χ0v) is 21.5. The fourth-order valence-electron chi connectivity index (χ4n) is 3.51. The highest BCUT2D eigenvalue weighted by Gasteiger charge is 2.30. The maximum atomic E-state index is 12.8. The Bertz CT molecular complexity index is 1160. The van der Waals surface area contributed by atoms with Crippen LogP contribution in [0.5, 0.6) is 5.75 Å². The second-order valence-electron chi connectivity index (χ2n) is 8.88. The molecule has 8 N–H and O–H groups in total.